The summed E-state index contributed by atoms with van der Waals surface area (Å²) in [5.41, 5.74) is 1.53. The predicted octanol–water partition coefficient (Wildman–Crippen LogP) is 6.26. The van der Waals surface area contributed by atoms with Crippen molar-refractivity contribution in [2.24, 2.45) is 4.99 Å². The third-order valence-corrected chi connectivity index (χ3v) is 4.93. The summed E-state index contributed by atoms with van der Waals surface area (Å²) in [6.07, 6.45) is 1.67. The molecule has 0 N–H and O–H groups in total. The van der Waals surface area contributed by atoms with Crippen molar-refractivity contribution in [2.45, 2.75) is 9.79 Å². The number of hydrogen-bond donors (Lipinski definition) is 0. The van der Waals surface area contributed by atoms with Gasteiger partial charge in [-0.25, -0.2) is 0 Å². The lowest BCUT2D eigenvalue weighted by Gasteiger charge is -2.06. The van der Waals surface area contributed by atoms with Crippen LogP contribution in [0.5, 0.6) is 0 Å². The molecule has 0 aliphatic rings. The van der Waals surface area contributed by atoms with Crippen molar-refractivity contribution in [3.05, 3.63) is 92.9 Å². The summed E-state index contributed by atoms with van der Waals surface area (Å²) >= 11 is 4.96. The number of non-ortho nitro benzene ring substituents is 1. The van der Waals surface area contributed by atoms with E-state index in [0.717, 1.165) is 20.0 Å². The fraction of sp³-hybridized carbons (Fsp3) is 0. The molecule has 4 nitrogen and oxygen atoms in total. The average molecular weight is 413 g/mol. The van der Waals surface area contributed by atoms with Gasteiger partial charge in [-0.2, -0.15) is 0 Å². The van der Waals surface area contributed by atoms with Gasteiger partial charge in [-0.15, -0.1) is 0 Å². The molecule has 6 heteroatoms. The van der Waals surface area contributed by atoms with Gasteiger partial charge in [0.05, 0.1) is 10.6 Å². The Balaban J connectivity index is 1.96. The number of aliphatic imine (C=N–C) groups is 1. The molecule has 3 aromatic carbocycles. The van der Waals surface area contributed by atoms with Crippen molar-refractivity contribution in [2.75, 3.05) is 0 Å². The molecule has 25 heavy (non-hydrogen) atoms. The molecular weight excluding hydrogens is 400 g/mol. The largest absolute Gasteiger partial charge is 0.270 e. The van der Waals surface area contributed by atoms with E-state index in [2.05, 4.69) is 20.9 Å². The first-order valence-corrected chi connectivity index (χ1v) is 9.04. The zero-order valence-electron chi connectivity index (χ0n) is 13.0. The number of nitro benzene ring substituents is 1. The molecule has 124 valence electrons. The Labute approximate surface area is 157 Å². The quantitative estimate of drug-likeness (QED) is 0.282. The van der Waals surface area contributed by atoms with Crippen molar-refractivity contribution in [3.8, 4) is 0 Å². The van der Waals surface area contributed by atoms with Gasteiger partial charge in [0, 0.05) is 38.2 Å². The minimum Gasteiger partial charge on any atom is -0.258 e. The zero-order valence-corrected chi connectivity index (χ0v) is 15.4. The second-order valence-corrected chi connectivity index (χ2v) is 7.16. The third kappa shape index (κ3) is 4.78. The molecule has 3 aromatic rings. The van der Waals surface area contributed by atoms with E-state index in [1.807, 2.05) is 54.6 Å². The van der Waals surface area contributed by atoms with E-state index in [9.17, 15) is 10.1 Å². The summed E-state index contributed by atoms with van der Waals surface area (Å²) in [7, 11) is 0. The fourth-order valence-corrected chi connectivity index (χ4v) is 3.46. The number of hydrogen-bond acceptors (Lipinski definition) is 4. The molecule has 0 unspecified atom stereocenters. The first-order chi connectivity index (χ1) is 12.1. The van der Waals surface area contributed by atoms with Crippen LogP contribution in [0.1, 0.15) is 5.56 Å². The lowest BCUT2D eigenvalue weighted by Crippen LogP contribution is -1.92. The van der Waals surface area contributed by atoms with Gasteiger partial charge in [0.25, 0.3) is 5.69 Å². The molecule has 0 saturated heterocycles. The van der Waals surface area contributed by atoms with Crippen LogP contribution in [0.2, 0.25) is 0 Å². The molecule has 0 radical (unpaired) electrons. The first kappa shape index (κ1) is 17.4. The molecule has 0 heterocycles. The maximum atomic E-state index is 11.1. The second kappa shape index (κ2) is 8.09. The van der Waals surface area contributed by atoms with Gasteiger partial charge in [-0.3, -0.25) is 15.1 Å². The summed E-state index contributed by atoms with van der Waals surface area (Å²) in [5, 5.41) is 11.1. The summed E-state index contributed by atoms with van der Waals surface area (Å²) < 4.78 is 0.931. The van der Waals surface area contributed by atoms with Gasteiger partial charge >= 0.3 is 0 Å². The van der Waals surface area contributed by atoms with Crippen molar-refractivity contribution in [1.82, 2.24) is 0 Å². The molecule has 0 saturated carbocycles. The molecular formula is C19H13BrN2O2S. The number of benzene rings is 3. The molecule has 0 spiro atoms. The van der Waals surface area contributed by atoms with Crippen LogP contribution >= 0.6 is 27.7 Å². The average Bonchev–Trinajstić information content (AvgIpc) is 2.61. The van der Waals surface area contributed by atoms with Crippen LogP contribution in [-0.2, 0) is 0 Å². The second-order valence-electron chi connectivity index (χ2n) is 5.13. The molecule has 0 amide bonds. The van der Waals surface area contributed by atoms with Crippen LogP contribution in [0.3, 0.4) is 0 Å². The van der Waals surface area contributed by atoms with Crippen molar-refractivity contribution >= 4 is 45.3 Å². The summed E-state index contributed by atoms with van der Waals surface area (Å²) in [6.45, 7) is 0. The van der Waals surface area contributed by atoms with Gasteiger partial charge in [0.1, 0.15) is 0 Å². The van der Waals surface area contributed by atoms with Crippen molar-refractivity contribution in [3.63, 3.8) is 0 Å². The minimum absolute atomic E-state index is 0.0492. The van der Waals surface area contributed by atoms with E-state index in [4.69, 9.17) is 0 Å². The van der Waals surface area contributed by atoms with Crippen LogP contribution in [0.15, 0.2) is 92.1 Å². The van der Waals surface area contributed by atoms with E-state index >= 15 is 0 Å². The number of rotatable bonds is 5. The highest BCUT2D eigenvalue weighted by Gasteiger charge is 2.11. The van der Waals surface area contributed by atoms with Crippen LogP contribution < -0.4 is 0 Å². The van der Waals surface area contributed by atoms with Crippen molar-refractivity contribution < 1.29 is 4.92 Å². The molecule has 0 aliphatic heterocycles. The molecule has 0 bridgehead atoms. The maximum Gasteiger partial charge on any atom is 0.270 e. The molecule has 0 aromatic heterocycles. The Kier molecular flexibility index (Phi) is 5.63. The third-order valence-electron chi connectivity index (χ3n) is 3.34. The first-order valence-electron chi connectivity index (χ1n) is 7.43. The number of nitro groups is 1. The van der Waals surface area contributed by atoms with E-state index in [-0.39, 0.29) is 5.69 Å². The molecule has 0 atom stereocenters. The van der Waals surface area contributed by atoms with Crippen molar-refractivity contribution in [1.29, 1.82) is 0 Å². The van der Waals surface area contributed by atoms with E-state index in [1.54, 1.807) is 30.1 Å². The maximum absolute atomic E-state index is 11.1. The van der Waals surface area contributed by atoms with Crippen LogP contribution in [0.25, 0.3) is 0 Å². The van der Waals surface area contributed by atoms with Gasteiger partial charge in [-0.05, 0) is 36.4 Å². The van der Waals surface area contributed by atoms with Gasteiger partial charge in [0.15, 0.2) is 0 Å². The lowest BCUT2D eigenvalue weighted by molar-refractivity contribution is -0.384. The highest BCUT2D eigenvalue weighted by molar-refractivity contribution is 9.10. The van der Waals surface area contributed by atoms with Gasteiger partial charge in [0.2, 0.25) is 0 Å². The Morgan fingerprint density at radius 3 is 2.52 bits per heavy atom. The monoisotopic (exact) mass is 412 g/mol. The molecule has 0 aliphatic carbocycles. The highest BCUT2D eigenvalue weighted by Crippen LogP contribution is 2.32. The summed E-state index contributed by atoms with van der Waals surface area (Å²) in [5.74, 6) is 0. The normalized spacial score (nSPS) is 10.9. The summed E-state index contributed by atoms with van der Waals surface area (Å²) in [4.78, 5) is 17.1. The van der Waals surface area contributed by atoms with Gasteiger partial charge < -0.3 is 0 Å². The summed E-state index contributed by atoms with van der Waals surface area (Å²) in [6, 6.07) is 22.3. The SMILES string of the molecule is O=[N+]([O-])c1ccc(Sc2ccccc2)c(C=Nc2cccc(Br)c2)c1. The van der Waals surface area contributed by atoms with E-state index < -0.39 is 4.92 Å². The van der Waals surface area contributed by atoms with Crippen LogP contribution in [0, 0.1) is 10.1 Å². The Bertz CT molecular complexity index is 930. The van der Waals surface area contributed by atoms with E-state index in [0.29, 0.717) is 5.56 Å². The predicted molar refractivity (Wildman–Crippen MR) is 105 cm³/mol. The topological polar surface area (TPSA) is 55.5 Å². The standard InChI is InChI=1S/C19H13BrN2O2S/c20-15-5-4-6-16(12-15)21-13-14-11-17(22(23)24)9-10-19(14)25-18-7-2-1-3-8-18/h1-13H. The smallest absolute Gasteiger partial charge is 0.258 e. The Morgan fingerprint density at radius 1 is 1.00 bits per heavy atom. The minimum atomic E-state index is -0.395. The zero-order chi connectivity index (χ0) is 17.6. The number of halogens is 1. The van der Waals surface area contributed by atoms with Crippen LogP contribution in [-0.4, -0.2) is 11.1 Å². The molecule has 0 fully saturated rings. The fourth-order valence-electron chi connectivity index (χ4n) is 2.16. The Morgan fingerprint density at radius 2 is 1.80 bits per heavy atom. The highest BCUT2D eigenvalue weighted by atomic mass is 79.9. The number of nitrogens with zero attached hydrogens (tertiary/aromatic N) is 2. The lowest BCUT2D eigenvalue weighted by atomic mass is 10.2. The van der Waals surface area contributed by atoms with E-state index in [1.165, 1.54) is 6.07 Å². The van der Waals surface area contributed by atoms with Gasteiger partial charge in [-0.1, -0.05) is 52.0 Å². The molecule has 3 rings (SSSR count). The van der Waals surface area contributed by atoms with Crippen LogP contribution in [0.4, 0.5) is 11.4 Å². The Hall–Kier alpha value is -2.44.